The van der Waals surface area contributed by atoms with Crippen LogP contribution in [0.15, 0.2) is 54.7 Å². The van der Waals surface area contributed by atoms with Crippen molar-refractivity contribution in [2.24, 2.45) is 5.92 Å². The van der Waals surface area contributed by atoms with Crippen molar-refractivity contribution in [3.8, 4) is 5.75 Å². The van der Waals surface area contributed by atoms with Gasteiger partial charge in [-0.1, -0.05) is 55.5 Å². The number of methoxy groups -OCH3 is 1. The van der Waals surface area contributed by atoms with E-state index in [4.69, 9.17) is 4.74 Å². The van der Waals surface area contributed by atoms with Crippen LogP contribution in [0, 0.1) is 11.7 Å². The molecule has 2 aliphatic rings. The second kappa shape index (κ2) is 12.6. The largest absolute Gasteiger partial charge is 0.493 e. The van der Waals surface area contributed by atoms with E-state index < -0.39 is 53.6 Å². The van der Waals surface area contributed by atoms with Crippen molar-refractivity contribution in [3.63, 3.8) is 0 Å². The van der Waals surface area contributed by atoms with Crippen LogP contribution in [0.1, 0.15) is 47.9 Å². The first-order valence-electron chi connectivity index (χ1n) is 14.1. The molecule has 13 heteroatoms. The molecule has 43 heavy (non-hydrogen) atoms. The van der Waals surface area contributed by atoms with Gasteiger partial charge in [0.2, 0.25) is 17.7 Å². The summed E-state index contributed by atoms with van der Waals surface area (Å²) in [5.74, 6) is -3.36. The average molecular weight is 592 g/mol. The number of carbonyl (C=O) groups excluding carboxylic acids is 4. The Labute approximate surface area is 248 Å². The molecule has 0 unspecified atom stereocenters. The Morgan fingerprint density at radius 3 is 2.53 bits per heavy atom. The van der Waals surface area contributed by atoms with E-state index in [-0.39, 0.29) is 43.2 Å². The van der Waals surface area contributed by atoms with Gasteiger partial charge < -0.3 is 25.6 Å². The fourth-order valence-electron chi connectivity index (χ4n) is 5.50. The van der Waals surface area contributed by atoms with E-state index in [1.165, 1.54) is 30.2 Å². The number of halogens is 1. The first-order valence-corrected chi connectivity index (χ1v) is 14.1. The van der Waals surface area contributed by atoms with E-state index in [9.17, 15) is 23.6 Å². The fraction of sp³-hybridized carbons (Fsp3) is 0.400. The van der Waals surface area contributed by atoms with Gasteiger partial charge in [0.05, 0.1) is 31.5 Å². The van der Waals surface area contributed by atoms with E-state index in [0.29, 0.717) is 5.69 Å². The van der Waals surface area contributed by atoms with E-state index in [2.05, 4.69) is 26.3 Å². The number of carbonyl (C=O) groups is 4. The highest BCUT2D eigenvalue weighted by Gasteiger charge is 2.43. The Bertz CT molecular complexity index is 1510. The fourth-order valence-corrected chi connectivity index (χ4v) is 5.50. The number of likely N-dealkylation sites (tertiary alicyclic amines) is 1. The maximum absolute atomic E-state index is 14.5. The van der Waals surface area contributed by atoms with Crippen molar-refractivity contribution in [3.05, 3.63) is 77.4 Å². The number of para-hydroxylation sites is 1. The second-order valence-electron chi connectivity index (χ2n) is 11.1. The molecule has 1 fully saturated rings. The third-order valence-electron chi connectivity index (χ3n) is 7.78. The summed E-state index contributed by atoms with van der Waals surface area (Å²) < 4.78 is 21.2. The molecule has 1 aromatic heterocycles. The molecule has 226 valence electrons. The lowest BCUT2D eigenvalue weighted by molar-refractivity contribution is -0.134. The van der Waals surface area contributed by atoms with Gasteiger partial charge in [0.25, 0.3) is 5.91 Å². The van der Waals surface area contributed by atoms with E-state index >= 15 is 0 Å². The number of hydrogen-bond acceptors (Lipinski definition) is 7. The normalized spacial score (nSPS) is 22.7. The average Bonchev–Trinajstić information content (AvgIpc) is 3.65. The predicted octanol–water partition coefficient (Wildman–Crippen LogP) is 1.38. The highest BCUT2D eigenvalue weighted by Crippen LogP contribution is 2.32. The summed E-state index contributed by atoms with van der Waals surface area (Å²) in [4.78, 5) is 55.8. The van der Waals surface area contributed by atoms with Gasteiger partial charge in [-0.2, -0.15) is 0 Å². The van der Waals surface area contributed by atoms with Crippen molar-refractivity contribution >= 4 is 23.6 Å². The summed E-state index contributed by atoms with van der Waals surface area (Å²) >= 11 is 0. The molecular weight excluding hydrogens is 557 g/mol. The molecule has 12 nitrogen and oxygen atoms in total. The zero-order valence-electron chi connectivity index (χ0n) is 24.1. The minimum Gasteiger partial charge on any atom is -0.493 e. The number of aromatic nitrogens is 3. The summed E-state index contributed by atoms with van der Waals surface area (Å²) in [6, 6.07) is 9.91. The predicted molar refractivity (Wildman–Crippen MR) is 152 cm³/mol. The lowest BCUT2D eigenvalue weighted by atomic mass is 10.00. The highest BCUT2D eigenvalue weighted by atomic mass is 19.1. The van der Waals surface area contributed by atoms with Crippen molar-refractivity contribution in [1.29, 1.82) is 0 Å². The van der Waals surface area contributed by atoms with Crippen LogP contribution in [0.4, 0.5) is 4.39 Å². The number of nitrogens with zero attached hydrogens (tertiary/aromatic N) is 4. The van der Waals surface area contributed by atoms with Gasteiger partial charge in [-0.3, -0.25) is 19.2 Å². The van der Waals surface area contributed by atoms with Gasteiger partial charge in [0.1, 0.15) is 23.8 Å². The van der Waals surface area contributed by atoms with Crippen LogP contribution in [0.5, 0.6) is 5.75 Å². The first kappa shape index (κ1) is 29.7. The quantitative estimate of drug-likeness (QED) is 0.406. The monoisotopic (exact) mass is 591 g/mol. The highest BCUT2D eigenvalue weighted by molar-refractivity contribution is 6.01. The number of fused-ring (bicyclic) bond motifs is 5. The van der Waals surface area contributed by atoms with Crippen LogP contribution in [-0.4, -0.2) is 75.3 Å². The number of hydrogen-bond donors (Lipinski definition) is 3. The molecule has 0 spiro atoms. The van der Waals surface area contributed by atoms with Crippen LogP contribution in [-0.2, 0) is 27.3 Å². The Morgan fingerprint density at radius 1 is 1.05 bits per heavy atom. The lowest BCUT2D eigenvalue weighted by Crippen LogP contribution is -2.58. The molecule has 4 atom stereocenters. The number of ether oxygens (including phenoxy) is 1. The molecule has 0 radical (unpaired) electrons. The Morgan fingerprint density at radius 2 is 1.81 bits per heavy atom. The Balaban J connectivity index is 1.49. The van der Waals surface area contributed by atoms with Crippen molar-refractivity contribution < 1.29 is 28.3 Å². The third-order valence-corrected chi connectivity index (χ3v) is 7.78. The molecule has 4 amide bonds. The Kier molecular flexibility index (Phi) is 8.69. The summed E-state index contributed by atoms with van der Waals surface area (Å²) in [6.07, 6.45) is 2.05. The topological polar surface area (TPSA) is 148 Å². The van der Waals surface area contributed by atoms with Crippen LogP contribution in [0.3, 0.4) is 0 Å². The second-order valence-corrected chi connectivity index (χ2v) is 11.1. The van der Waals surface area contributed by atoms with Crippen LogP contribution in [0.2, 0.25) is 0 Å². The molecule has 5 rings (SSSR count). The molecule has 0 aliphatic carbocycles. The summed E-state index contributed by atoms with van der Waals surface area (Å²) in [5.41, 5.74) is 1.28. The van der Waals surface area contributed by atoms with Crippen LogP contribution < -0.4 is 20.7 Å². The molecule has 3 heterocycles. The van der Waals surface area contributed by atoms with Crippen molar-refractivity contribution in [2.45, 2.75) is 57.4 Å². The number of nitrogens with one attached hydrogen (secondary N) is 3. The van der Waals surface area contributed by atoms with Crippen LogP contribution in [0.25, 0.3) is 0 Å². The molecule has 0 saturated carbocycles. The standard InChI is InChI=1S/C30H34FN7O5/c1-17(2)25-29(41)33-23(12-18-8-5-4-6-9-18)27(39)32-14-19-15-38(36-35-19)20-13-24(28(40)34-25)37(16-20)30(42)21-10-7-11-22(31)26(21)43-3/h4-11,15,17,20,23-25H,12-14,16H2,1-3H3,(H,32,39)(H,33,41)(H,34,40)/t20-,23+,24-,25-/m0/s1. The van der Waals surface area contributed by atoms with Crippen molar-refractivity contribution in [2.75, 3.05) is 13.7 Å². The summed E-state index contributed by atoms with van der Waals surface area (Å²) in [7, 11) is 1.27. The van der Waals surface area contributed by atoms with Gasteiger partial charge >= 0.3 is 0 Å². The molecule has 1 saturated heterocycles. The maximum atomic E-state index is 14.5. The molecule has 2 aromatic carbocycles. The summed E-state index contributed by atoms with van der Waals surface area (Å²) in [5, 5.41) is 16.8. The van der Waals surface area contributed by atoms with Crippen LogP contribution >= 0.6 is 0 Å². The minimum atomic E-state index is -1.00. The van der Waals surface area contributed by atoms with Gasteiger partial charge in [-0.25, -0.2) is 9.07 Å². The van der Waals surface area contributed by atoms with Gasteiger partial charge in [-0.15, -0.1) is 5.10 Å². The zero-order valence-corrected chi connectivity index (χ0v) is 24.1. The van der Waals surface area contributed by atoms with E-state index in [0.717, 1.165) is 5.56 Å². The third kappa shape index (κ3) is 6.35. The van der Waals surface area contributed by atoms with Gasteiger partial charge in [0.15, 0.2) is 11.6 Å². The van der Waals surface area contributed by atoms with E-state index in [1.54, 1.807) is 24.7 Å². The molecule has 2 aliphatic heterocycles. The summed E-state index contributed by atoms with van der Waals surface area (Å²) in [6.45, 7) is 3.69. The van der Waals surface area contributed by atoms with Crippen molar-refractivity contribution in [1.82, 2.24) is 35.8 Å². The lowest BCUT2D eigenvalue weighted by Gasteiger charge is -2.29. The van der Waals surface area contributed by atoms with Gasteiger partial charge in [-0.05, 0) is 23.6 Å². The number of amides is 4. The SMILES string of the molecule is COc1c(F)cccc1C(=O)N1C[C@@H]2C[C@H]1C(=O)N[C@@H](C(C)C)C(=O)N[C@H](Cc1ccccc1)C(=O)NCc1cn2nn1. The maximum Gasteiger partial charge on any atom is 0.258 e. The zero-order chi connectivity index (χ0) is 30.7. The van der Waals surface area contributed by atoms with Gasteiger partial charge in [0, 0.05) is 19.4 Å². The number of benzene rings is 2. The van der Waals surface area contributed by atoms with E-state index in [1.807, 2.05) is 30.3 Å². The molecule has 3 N–H and O–H groups in total. The smallest absolute Gasteiger partial charge is 0.258 e. The minimum absolute atomic E-state index is 0.0285. The molecule has 3 aromatic rings. The Hall–Kier alpha value is -4.81. The number of rotatable bonds is 5. The molecule has 4 bridgehead atoms. The molecular formula is C30H34FN7O5. The first-order chi connectivity index (χ1) is 20.7.